The van der Waals surface area contributed by atoms with Crippen LogP contribution in [0.4, 0.5) is 11.5 Å². The summed E-state index contributed by atoms with van der Waals surface area (Å²) in [5.74, 6) is 2.53. The van der Waals surface area contributed by atoms with E-state index in [4.69, 9.17) is 29.4 Å². The number of nitrogens with one attached hydrogen (secondary N) is 1. The van der Waals surface area contributed by atoms with Gasteiger partial charge < -0.3 is 47.1 Å². The maximum atomic E-state index is 12.9. The van der Waals surface area contributed by atoms with Gasteiger partial charge in [-0.2, -0.15) is 4.98 Å². The third-order valence-corrected chi connectivity index (χ3v) is 10.4. The Bertz CT molecular complexity index is 2900. The predicted octanol–water partition coefficient (Wildman–Crippen LogP) is 5.55. The number of carbonyl (C=O) groups is 2. The lowest BCUT2D eigenvalue weighted by molar-refractivity contribution is -0.483. The number of esters is 1. The SMILES string of the molecule is COC(=O)c1cc([NH2+]c2cc(-c3ccccc3OC)ncn2)ccc1OC.COc1ccc(Cc2cc(-c3ccccc3OC)ncn2)cc1C(=O)NCc1ccccc1.NCc1ccccc1.[Cl-].[HH]. The molecule has 0 aliphatic carbocycles. The van der Waals surface area contributed by atoms with Crippen molar-refractivity contribution < 1.29 is 52.4 Å². The first kappa shape index (κ1) is 51.8. The summed E-state index contributed by atoms with van der Waals surface area (Å²) in [4.78, 5) is 42.3. The fourth-order valence-corrected chi connectivity index (χ4v) is 6.95. The molecule has 0 aliphatic rings. The highest BCUT2D eigenvalue weighted by atomic mass is 35.5. The lowest BCUT2D eigenvalue weighted by Crippen LogP contribution is -3.00. The fraction of sp³-hybridized carbons (Fsp3) is 0.148. The Kier molecular flexibility index (Phi) is 20.2. The van der Waals surface area contributed by atoms with Crippen molar-refractivity contribution in [3.05, 3.63) is 204 Å². The predicted molar refractivity (Wildman–Crippen MR) is 263 cm³/mol. The molecule has 0 fully saturated rings. The number of para-hydroxylation sites is 2. The summed E-state index contributed by atoms with van der Waals surface area (Å²) in [5.41, 5.74) is 14.3. The summed E-state index contributed by atoms with van der Waals surface area (Å²) in [6, 6.07) is 49.9. The molecule has 356 valence electrons. The summed E-state index contributed by atoms with van der Waals surface area (Å²) in [6.45, 7) is 1.09. The van der Waals surface area contributed by atoms with Crippen molar-refractivity contribution in [2.24, 2.45) is 5.73 Å². The Hall–Kier alpha value is -8.17. The second kappa shape index (κ2) is 26.8. The summed E-state index contributed by atoms with van der Waals surface area (Å²) < 4.78 is 26.3. The normalized spacial score (nSPS) is 10.1. The zero-order valence-corrected chi connectivity index (χ0v) is 39.7. The molecule has 0 bridgehead atoms. The van der Waals surface area contributed by atoms with E-state index in [0.717, 1.165) is 56.5 Å². The highest BCUT2D eigenvalue weighted by Crippen LogP contribution is 2.30. The van der Waals surface area contributed by atoms with Crippen molar-refractivity contribution in [2.75, 3.05) is 35.5 Å². The van der Waals surface area contributed by atoms with Gasteiger partial charge in [0.25, 0.3) is 5.91 Å². The van der Waals surface area contributed by atoms with Gasteiger partial charge in [-0.15, -0.1) is 0 Å². The van der Waals surface area contributed by atoms with Crippen LogP contribution in [0.2, 0.25) is 0 Å². The van der Waals surface area contributed by atoms with Crippen molar-refractivity contribution in [1.82, 2.24) is 25.3 Å². The molecule has 0 radical (unpaired) electrons. The van der Waals surface area contributed by atoms with Crippen LogP contribution in [0.25, 0.3) is 22.5 Å². The lowest BCUT2D eigenvalue weighted by Gasteiger charge is -2.12. The first-order valence-electron chi connectivity index (χ1n) is 21.5. The number of nitrogens with two attached hydrogens (primary N) is 2. The van der Waals surface area contributed by atoms with Crippen LogP contribution in [0, 0.1) is 0 Å². The van der Waals surface area contributed by atoms with Crippen molar-refractivity contribution >= 4 is 23.4 Å². The molecule has 2 heterocycles. The number of quaternary nitrogens is 1. The second-order valence-electron chi connectivity index (χ2n) is 14.8. The van der Waals surface area contributed by atoms with Crippen molar-refractivity contribution in [2.45, 2.75) is 19.5 Å². The minimum atomic E-state index is -0.459. The average Bonchev–Trinajstić information content (AvgIpc) is 3.40. The number of hydrogen-bond acceptors (Lipinski definition) is 12. The Morgan fingerprint density at radius 2 is 1.09 bits per heavy atom. The molecule has 6 aromatic carbocycles. The summed E-state index contributed by atoms with van der Waals surface area (Å²) in [5, 5.41) is 4.82. The largest absolute Gasteiger partial charge is 1.00 e. The minimum Gasteiger partial charge on any atom is -1.00 e. The summed E-state index contributed by atoms with van der Waals surface area (Å²) >= 11 is 0. The number of aromatic nitrogens is 4. The molecule has 0 unspecified atom stereocenters. The molecule has 69 heavy (non-hydrogen) atoms. The number of halogens is 1. The zero-order valence-electron chi connectivity index (χ0n) is 39.0. The third-order valence-electron chi connectivity index (χ3n) is 10.4. The molecule has 15 heteroatoms. The number of ether oxygens (including phenoxy) is 5. The Labute approximate surface area is 409 Å². The molecule has 0 aliphatic heterocycles. The van der Waals surface area contributed by atoms with Crippen LogP contribution in [0.1, 0.15) is 44.5 Å². The smallest absolute Gasteiger partial charge is 0.341 e. The molecule has 0 spiro atoms. The van der Waals surface area contributed by atoms with Crippen LogP contribution in [0.15, 0.2) is 170 Å². The molecular weight excluding hydrogens is 894 g/mol. The van der Waals surface area contributed by atoms with Gasteiger partial charge in [-0.25, -0.2) is 19.7 Å². The summed E-state index contributed by atoms with van der Waals surface area (Å²) in [7, 11) is 7.67. The molecule has 8 rings (SSSR count). The first-order chi connectivity index (χ1) is 33.3. The minimum absolute atomic E-state index is 0. The van der Waals surface area contributed by atoms with Crippen LogP contribution in [0.5, 0.6) is 23.0 Å². The van der Waals surface area contributed by atoms with Gasteiger partial charge in [0.15, 0.2) is 0 Å². The molecule has 0 saturated carbocycles. The Morgan fingerprint density at radius 1 is 0.551 bits per heavy atom. The molecule has 1 amide bonds. The molecule has 0 saturated heterocycles. The monoisotopic (exact) mass is 949 g/mol. The van der Waals surface area contributed by atoms with Crippen molar-refractivity contribution in [3.8, 4) is 45.5 Å². The maximum Gasteiger partial charge on any atom is 0.341 e. The van der Waals surface area contributed by atoms with E-state index in [1.54, 1.807) is 39.8 Å². The number of carbonyl (C=O) groups excluding carboxylic acids is 2. The topological polar surface area (TPSA) is 187 Å². The maximum absolute atomic E-state index is 12.9. The molecule has 14 nitrogen and oxygen atoms in total. The van der Waals surface area contributed by atoms with Gasteiger partial charge in [0, 0.05) is 56.0 Å². The number of amides is 1. The lowest BCUT2D eigenvalue weighted by atomic mass is 10.0. The number of nitrogens with zero attached hydrogens (tertiary/aromatic N) is 4. The van der Waals surface area contributed by atoms with Gasteiger partial charge in [-0.1, -0.05) is 91.0 Å². The van der Waals surface area contributed by atoms with E-state index in [9.17, 15) is 9.59 Å². The van der Waals surface area contributed by atoms with Crippen LogP contribution in [0.3, 0.4) is 0 Å². The number of methoxy groups -OCH3 is 5. The van der Waals surface area contributed by atoms with Crippen LogP contribution in [-0.2, 0) is 24.2 Å². The molecule has 2 aromatic heterocycles. The Balaban J connectivity index is 0.000000259. The van der Waals surface area contributed by atoms with Gasteiger partial charge in [-0.05, 0) is 65.2 Å². The highest BCUT2D eigenvalue weighted by Gasteiger charge is 2.18. The van der Waals surface area contributed by atoms with E-state index in [1.807, 2.05) is 151 Å². The quantitative estimate of drug-likeness (QED) is 0.0861. The van der Waals surface area contributed by atoms with E-state index in [1.165, 1.54) is 26.1 Å². The molecule has 5 N–H and O–H groups in total. The average molecular weight is 951 g/mol. The van der Waals surface area contributed by atoms with E-state index in [-0.39, 0.29) is 19.7 Å². The van der Waals surface area contributed by atoms with Gasteiger partial charge in [0.2, 0.25) is 5.82 Å². The van der Waals surface area contributed by atoms with Crippen LogP contribution in [-0.4, -0.2) is 67.4 Å². The fourth-order valence-electron chi connectivity index (χ4n) is 6.95. The number of rotatable bonds is 15. The van der Waals surface area contributed by atoms with Crippen LogP contribution >= 0.6 is 0 Å². The zero-order chi connectivity index (χ0) is 48.1. The standard InChI is InChI=1S/C27H25N3O3.C20H19N3O4.C7H9N.ClH.H2/c1-32-25-11-7-6-10-22(25)24-16-21(29-18-30-24)14-20-12-13-26(33-2)23(15-20)27(31)28-17-19-8-4-3-5-9-19;1-25-17-7-5-4-6-14(17)16-11-19(22-12-21-16)23-13-8-9-18(26-2)15(10-13)20(24)27-3;8-6-7-4-2-1-3-5-7;;/h3-13,15-16,18H,14,17H2,1-2H3,(H,28,31);4-12H,1-3H3,(H,21,22,23);1-5H,6,8H2;2*1H. The number of benzene rings is 6. The third kappa shape index (κ3) is 14.7. The molecule has 0 atom stereocenters. The second-order valence-corrected chi connectivity index (χ2v) is 14.8. The van der Waals surface area contributed by atoms with Gasteiger partial charge in [0.05, 0.1) is 52.5 Å². The van der Waals surface area contributed by atoms with Gasteiger partial charge in [-0.3, -0.25) is 10.1 Å². The first-order valence-corrected chi connectivity index (χ1v) is 21.5. The van der Waals surface area contributed by atoms with Crippen molar-refractivity contribution in [1.29, 1.82) is 0 Å². The molecule has 8 aromatic rings. The summed E-state index contributed by atoms with van der Waals surface area (Å²) in [6.07, 6.45) is 3.60. The number of hydrogen-bond donors (Lipinski definition) is 3. The van der Waals surface area contributed by atoms with E-state index in [0.29, 0.717) is 48.0 Å². The van der Waals surface area contributed by atoms with Gasteiger partial charge >= 0.3 is 5.97 Å². The molecular formula is C54H56ClN7O7. The van der Waals surface area contributed by atoms with E-state index in [2.05, 4.69) is 25.3 Å². The van der Waals surface area contributed by atoms with Crippen molar-refractivity contribution in [3.63, 3.8) is 0 Å². The van der Waals surface area contributed by atoms with E-state index >= 15 is 0 Å². The van der Waals surface area contributed by atoms with E-state index < -0.39 is 5.97 Å². The highest BCUT2D eigenvalue weighted by molar-refractivity contribution is 5.97. The van der Waals surface area contributed by atoms with Crippen LogP contribution < -0.4 is 47.7 Å². The Morgan fingerprint density at radius 3 is 1.67 bits per heavy atom. The van der Waals surface area contributed by atoms with Gasteiger partial charge in [0.1, 0.15) is 46.9 Å².